The van der Waals surface area contributed by atoms with Gasteiger partial charge in [-0.3, -0.25) is 0 Å². The zero-order valence-corrected chi connectivity index (χ0v) is 17.9. The Kier molecular flexibility index (Phi) is 7.04. The molecule has 0 saturated carbocycles. The van der Waals surface area contributed by atoms with Gasteiger partial charge >= 0.3 is 12.2 Å². The molecule has 3 rings (SSSR count). The number of urea groups is 1. The van der Waals surface area contributed by atoms with E-state index in [0.29, 0.717) is 23.1 Å². The van der Waals surface area contributed by atoms with Gasteiger partial charge in [-0.15, -0.1) is 0 Å². The van der Waals surface area contributed by atoms with E-state index in [2.05, 4.69) is 31.2 Å². The fourth-order valence-corrected chi connectivity index (χ4v) is 3.03. The Bertz CT molecular complexity index is 1110. The number of hydrogen-bond acceptors (Lipinski definition) is 5. The standard InChI is InChI=1S/C21H20ClF3N6O/c1-3-26-18-11-19(28-12(2)27-18)29-13-4-6-14(7-5-13)30-20(32)31-15-8-9-17(22)16(10-15)21(23,24)25/h4-11H,3H2,1-2H3,(H2,30,31,32)(H2,26,27,28,29). The molecule has 11 heteroatoms. The number of halogens is 4. The highest BCUT2D eigenvalue weighted by Crippen LogP contribution is 2.36. The molecule has 0 aliphatic carbocycles. The quantitative estimate of drug-likeness (QED) is 0.345. The monoisotopic (exact) mass is 464 g/mol. The maximum absolute atomic E-state index is 13.0. The van der Waals surface area contributed by atoms with Gasteiger partial charge in [0, 0.05) is 29.7 Å². The normalized spacial score (nSPS) is 11.1. The molecular formula is C21H20ClF3N6O. The zero-order chi connectivity index (χ0) is 23.3. The van der Waals surface area contributed by atoms with Crippen LogP contribution in [-0.4, -0.2) is 22.5 Å². The summed E-state index contributed by atoms with van der Waals surface area (Å²) in [6, 6.07) is 11.0. The second kappa shape index (κ2) is 9.73. The SMILES string of the molecule is CCNc1cc(Nc2ccc(NC(=O)Nc3ccc(Cl)c(C(F)(F)F)c3)cc2)nc(C)n1. The van der Waals surface area contributed by atoms with Gasteiger partial charge in [-0.25, -0.2) is 14.8 Å². The minimum absolute atomic E-state index is 0.0341. The van der Waals surface area contributed by atoms with E-state index in [-0.39, 0.29) is 5.69 Å². The number of amides is 2. The van der Waals surface area contributed by atoms with Crippen molar-refractivity contribution in [3.63, 3.8) is 0 Å². The molecule has 1 aromatic heterocycles. The van der Waals surface area contributed by atoms with Crippen molar-refractivity contribution < 1.29 is 18.0 Å². The summed E-state index contributed by atoms with van der Waals surface area (Å²) < 4.78 is 38.9. The Morgan fingerprint density at radius 3 is 2.19 bits per heavy atom. The summed E-state index contributed by atoms with van der Waals surface area (Å²) in [5, 5.41) is 10.8. The van der Waals surface area contributed by atoms with Crippen LogP contribution < -0.4 is 21.3 Å². The van der Waals surface area contributed by atoms with Crippen molar-refractivity contribution in [3.05, 3.63) is 64.9 Å². The molecule has 0 radical (unpaired) electrons. The van der Waals surface area contributed by atoms with Crippen LogP contribution in [0.5, 0.6) is 0 Å². The van der Waals surface area contributed by atoms with E-state index < -0.39 is 22.8 Å². The number of nitrogens with zero attached hydrogens (tertiary/aromatic N) is 2. The molecule has 1 heterocycles. The van der Waals surface area contributed by atoms with Crippen LogP contribution in [0.3, 0.4) is 0 Å². The first-order valence-corrected chi connectivity index (χ1v) is 9.93. The maximum atomic E-state index is 13.0. The molecule has 4 N–H and O–H groups in total. The molecular weight excluding hydrogens is 445 g/mol. The predicted octanol–water partition coefficient (Wildman–Crippen LogP) is 6.28. The van der Waals surface area contributed by atoms with Gasteiger partial charge in [-0.2, -0.15) is 13.2 Å². The van der Waals surface area contributed by atoms with Gasteiger partial charge in [0.25, 0.3) is 0 Å². The fraction of sp³-hybridized carbons (Fsp3) is 0.190. The molecule has 0 aliphatic heterocycles. The van der Waals surface area contributed by atoms with E-state index in [1.54, 1.807) is 37.3 Å². The molecule has 0 atom stereocenters. The third kappa shape index (κ3) is 6.24. The minimum Gasteiger partial charge on any atom is -0.370 e. The fourth-order valence-electron chi connectivity index (χ4n) is 2.80. The van der Waals surface area contributed by atoms with Crippen LogP contribution in [0.25, 0.3) is 0 Å². The Balaban J connectivity index is 1.63. The lowest BCUT2D eigenvalue weighted by Crippen LogP contribution is -2.19. The summed E-state index contributed by atoms with van der Waals surface area (Å²) >= 11 is 5.59. The number of alkyl halides is 3. The number of aromatic nitrogens is 2. The summed E-state index contributed by atoms with van der Waals surface area (Å²) in [5.41, 5.74) is 0.118. The molecule has 3 aromatic rings. The Morgan fingerprint density at radius 1 is 0.938 bits per heavy atom. The van der Waals surface area contributed by atoms with Crippen LogP contribution in [-0.2, 0) is 6.18 Å². The van der Waals surface area contributed by atoms with Crippen LogP contribution in [0.4, 0.5) is 46.7 Å². The highest BCUT2D eigenvalue weighted by molar-refractivity contribution is 6.31. The molecule has 0 fully saturated rings. The van der Waals surface area contributed by atoms with Crippen molar-refractivity contribution in [2.24, 2.45) is 0 Å². The number of nitrogens with one attached hydrogen (secondary N) is 4. The van der Waals surface area contributed by atoms with Crippen LogP contribution in [0.1, 0.15) is 18.3 Å². The molecule has 2 aromatic carbocycles. The molecule has 0 bridgehead atoms. The lowest BCUT2D eigenvalue weighted by molar-refractivity contribution is -0.137. The highest BCUT2D eigenvalue weighted by Gasteiger charge is 2.33. The number of aryl methyl sites for hydroxylation is 1. The van der Waals surface area contributed by atoms with E-state index in [0.717, 1.165) is 24.4 Å². The molecule has 0 aliphatic rings. The second-order valence-corrected chi connectivity index (χ2v) is 7.10. The molecule has 0 spiro atoms. The molecule has 7 nitrogen and oxygen atoms in total. The average molecular weight is 465 g/mol. The predicted molar refractivity (Wildman–Crippen MR) is 120 cm³/mol. The van der Waals surface area contributed by atoms with Crippen LogP contribution in [0, 0.1) is 6.92 Å². The number of anilines is 5. The van der Waals surface area contributed by atoms with Gasteiger partial charge in [0.15, 0.2) is 0 Å². The first kappa shape index (κ1) is 23.1. The lowest BCUT2D eigenvalue weighted by Gasteiger charge is -2.13. The summed E-state index contributed by atoms with van der Waals surface area (Å²) in [7, 11) is 0. The summed E-state index contributed by atoms with van der Waals surface area (Å²) in [5.74, 6) is 1.92. The smallest absolute Gasteiger partial charge is 0.370 e. The molecule has 0 unspecified atom stereocenters. The summed E-state index contributed by atoms with van der Waals surface area (Å²) in [4.78, 5) is 20.8. The molecule has 0 saturated heterocycles. The average Bonchev–Trinajstić information content (AvgIpc) is 2.70. The van der Waals surface area contributed by atoms with E-state index in [9.17, 15) is 18.0 Å². The summed E-state index contributed by atoms with van der Waals surface area (Å²) in [6.07, 6.45) is -4.62. The lowest BCUT2D eigenvalue weighted by atomic mass is 10.2. The topological polar surface area (TPSA) is 91.0 Å². The first-order chi connectivity index (χ1) is 15.1. The Hall–Kier alpha value is -3.53. The van der Waals surface area contributed by atoms with E-state index >= 15 is 0 Å². The number of carbonyl (C=O) groups excluding carboxylic acids is 1. The number of benzene rings is 2. The number of hydrogen-bond donors (Lipinski definition) is 4. The highest BCUT2D eigenvalue weighted by atomic mass is 35.5. The van der Waals surface area contributed by atoms with E-state index in [1.165, 1.54) is 6.07 Å². The van der Waals surface area contributed by atoms with Crippen molar-refractivity contribution in [2.75, 3.05) is 27.8 Å². The molecule has 2 amide bonds. The number of carbonyl (C=O) groups is 1. The van der Waals surface area contributed by atoms with Gasteiger partial charge in [-0.1, -0.05) is 11.6 Å². The van der Waals surface area contributed by atoms with E-state index in [4.69, 9.17) is 11.6 Å². The van der Waals surface area contributed by atoms with Crippen molar-refractivity contribution in [3.8, 4) is 0 Å². The minimum atomic E-state index is -4.62. The zero-order valence-electron chi connectivity index (χ0n) is 17.1. The van der Waals surface area contributed by atoms with Gasteiger partial charge in [0.2, 0.25) is 0 Å². The van der Waals surface area contributed by atoms with Gasteiger partial charge < -0.3 is 21.3 Å². The van der Waals surface area contributed by atoms with Gasteiger partial charge in [0.05, 0.1) is 10.6 Å². The summed E-state index contributed by atoms with van der Waals surface area (Å²) in [6.45, 7) is 4.48. The van der Waals surface area contributed by atoms with Crippen molar-refractivity contribution in [2.45, 2.75) is 20.0 Å². The largest absolute Gasteiger partial charge is 0.417 e. The first-order valence-electron chi connectivity index (χ1n) is 9.55. The third-order valence-electron chi connectivity index (χ3n) is 4.14. The van der Waals surface area contributed by atoms with Crippen molar-refractivity contribution >= 4 is 46.3 Å². The van der Waals surface area contributed by atoms with E-state index in [1.807, 2.05) is 6.92 Å². The molecule has 168 valence electrons. The van der Waals surface area contributed by atoms with Crippen molar-refractivity contribution in [1.29, 1.82) is 0 Å². The van der Waals surface area contributed by atoms with Crippen molar-refractivity contribution in [1.82, 2.24) is 9.97 Å². The second-order valence-electron chi connectivity index (χ2n) is 6.69. The van der Waals surface area contributed by atoms with Gasteiger partial charge in [-0.05, 0) is 56.3 Å². The van der Waals surface area contributed by atoms with Gasteiger partial charge in [0.1, 0.15) is 17.5 Å². The third-order valence-corrected chi connectivity index (χ3v) is 4.47. The van der Waals surface area contributed by atoms with Crippen LogP contribution in [0.15, 0.2) is 48.5 Å². The molecule has 32 heavy (non-hydrogen) atoms. The van der Waals surface area contributed by atoms with Crippen LogP contribution in [0.2, 0.25) is 5.02 Å². The van der Waals surface area contributed by atoms with Crippen LogP contribution >= 0.6 is 11.6 Å². The number of rotatable bonds is 6. The maximum Gasteiger partial charge on any atom is 0.417 e. The Morgan fingerprint density at radius 2 is 1.53 bits per heavy atom. The Labute approximate surface area is 187 Å².